The van der Waals surface area contributed by atoms with Gasteiger partial charge >= 0.3 is 11.8 Å². The molecule has 1 aromatic carbocycles. The molecule has 2 amide bonds. The van der Waals surface area contributed by atoms with Crippen LogP contribution in [0.2, 0.25) is 0 Å². The van der Waals surface area contributed by atoms with Gasteiger partial charge in [-0.2, -0.15) is 0 Å². The maximum absolute atomic E-state index is 13.7. The average molecular weight is 337 g/mol. The van der Waals surface area contributed by atoms with Crippen LogP contribution in [0, 0.1) is 18.6 Å². The monoisotopic (exact) mass is 337 g/mol. The molecular formula is C15H13F2N3O2S. The number of carbonyl (C=O) groups is 2. The number of rotatable bonds is 1. The van der Waals surface area contributed by atoms with Gasteiger partial charge in [0.15, 0.2) is 5.13 Å². The van der Waals surface area contributed by atoms with Gasteiger partial charge in [0.25, 0.3) is 0 Å². The highest BCUT2D eigenvalue weighted by Gasteiger charge is 2.28. The number of carbonyl (C=O) groups excluding carboxylic acids is 2. The third kappa shape index (κ3) is 3.21. The third-order valence-electron chi connectivity index (χ3n) is 3.57. The van der Waals surface area contributed by atoms with Gasteiger partial charge in [0, 0.05) is 30.2 Å². The predicted molar refractivity (Wildman–Crippen MR) is 81.0 cm³/mol. The lowest BCUT2D eigenvalue weighted by molar-refractivity contribution is -0.143. The molecule has 0 saturated carbocycles. The van der Waals surface area contributed by atoms with E-state index in [2.05, 4.69) is 10.3 Å². The number of halogens is 2. The van der Waals surface area contributed by atoms with Crippen molar-refractivity contribution in [2.75, 3.05) is 11.9 Å². The SMILES string of the molecule is Cc1cnc(NC(=O)C(=O)N2CCc3c(F)cc(F)cc3C2)s1. The molecular weight excluding hydrogens is 324 g/mol. The number of aromatic nitrogens is 1. The molecule has 8 heteroatoms. The summed E-state index contributed by atoms with van der Waals surface area (Å²) in [6.07, 6.45) is 1.84. The summed E-state index contributed by atoms with van der Waals surface area (Å²) in [5.74, 6) is -2.86. The van der Waals surface area contributed by atoms with Crippen LogP contribution in [0.1, 0.15) is 16.0 Å². The largest absolute Gasteiger partial charge is 0.330 e. The molecule has 1 N–H and O–H groups in total. The molecule has 0 bridgehead atoms. The number of amides is 2. The van der Waals surface area contributed by atoms with Crippen molar-refractivity contribution in [2.45, 2.75) is 19.9 Å². The van der Waals surface area contributed by atoms with E-state index in [0.29, 0.717) is 16.3 Å². The first-order valence-corrected chi connectivity index (χ1v) is 7.75. The number of nitrogens with zero attached hydrogens (tertiary/aromatic N) is 2. The Labute approximate surface area is 134 Å². The molecule has 2 heterocycles. The zero-order chi connectivity index (χ0) is 16.6. The van der Waals surface area contributed by atoms with Crippen molar-refractivity contribution < 1.29 is 18.4 Å². The fraction of sp³-hybridized carbons (Fsp3) is 0.267. The fourth-order valence-corrected chi connectivity index (χ4v) is 3.15. The van der Waals surface area contributed by atoms with E-state index < -0.39 is 23.4 Å². The standard InChI is InChI=1S/C15H13F2N3O2S/c1-8-6-18-15(23-8)19-13(21)14(22)20-3-2-11-9(7-20)4-10(16)5-12(11)17/h4-6H,2-3,7H2,1H3,(H,18,19,21). The number of anilines is 1. The second-order valence-electron chi connectivity index (χ2n) is 5.23. The molecule has 0 atom stereocenters. The maximum atomic E-state index is 13.7. The lowest BCUT2D eigenvalue weighted by Crippen LogP contribution is -2.42. The van der Waals surface area contributed by atoms with Gasteiger partial charge in [-0.3, -0.25) is 14.9 Å². The van der Waals surface area contributed by atoms with Crippen molar-refractivity contribution in [2.24, 2.45) is 0 Å². The Kier molecular flexibility index (Phi) is 4.08. The molecule has 2 aromatic rings. The van der Waals surface area contributed by atoms with Gasteiger partial charge in [0.1, 0.15) is 11.6 Å². The van der Waals surface area contributed by atoms with Gasteiger partial charge in [0.05, 0.1) is 0 Å². The molecule has 0 radical (unpaired) electrons. The molecule has 5 nitrogen and oxygen atoms in total. The quantitative estimate of drug-likeness (QED) is 0.812. The summed E-state index contributed by atoms with van der Waals surface area (Å²) < 4.78 is 27.0. The summed E-state index contributed by atoms with van der Waals surface area (Å²) in [5.41, 5.74) is 0.784. The normalized spacial score (nSPS) is 13.6. The second kappa shape index (κ2) is 6.04. The van der Waals surface area contributed by atoms with Crippen LogP contribution in [-0.2, 0) is 22.6 Å². The van der Waals surface area contributed by atoms with Crippen molar-refractivity contribution in [3.8, 4) is 0 Å². The van der Waals surface area contributed by atoms with Crippen LogP contribution in [0.25, 0.3) is 0 Å². The van der Waals surface area contributed by atoms with Gasteiger partial charge < -0.3 is 4.90 Å². The molecule has 1 aromatic heterocycles. The van der Waals surface area contributed by atoms with Gasteiger partial charge in [-0.05, 0) is 30.5 Å². The predicted octanol–water partition coefficient (Wildman–Crippen LogP) is 2.25. The minimum atomic E-state index is -0.806. The lowest BCUT2D eigenvalue weighted by Gasteiger charge is -2.28. The topological polar surface area (TPSA) is 62.3 Å². The first-order valence-electron chi connectivity index (χ1n) is 6.93. The summed E-state index contributed by atoms with van der Waals surface area (Å²) in [7, 11) is 0. The van der Waals surface area contributed by atoms with E-state index in [4.69, 9.17) is 0 Å². The zero-order valence-corrected chi connectivity index (χ0v) is 13.0. The molecule has 1 aliphatic rings. The molecule has 23 heavy (non-hydrogen) atoms. The molecule has 0 aliphatic carbocycles. The van der Waals surface area contributed by atoms with Crippen LogP contribution in [0.15, 0.2) is 18.3 Å². The number of fused-ring (bicyclic) bond motifs is 1. The Bertz CT molecular complexity index is 791. The van der Waals surface area contributed by atoms with Crippen LogP contribution >= 0.6 is 11.3 Å². The summed E-state index contributed by atoms with van der Waals surface area (Å²) in [5, 5.41) is 2.78. The molecule has 1 aliphatic heterocycles. The average Bonchev–Trinajstić information content (AvgIpc) is 2.90. The Morgan fingerprint density at radius 3 is 2.83 bits per heavy atom. The van der Waals surface area contributed by atoms with Crippen LogP contribution in [0.5, 0.6) is 0 Å². The van der Waals surface area contributed by atoms with Crippen molar-refractivity contribution >= 4 is 28.3 Å². The summed E-state index contributed by atoms with van der Waals surface area (Å²) in [4.78, 5) is 30.3. The highest BCUT2D eigenvalue weighted by atomic mass is 32.1. The van der Waals surface area contributed by atoms with Gasteiger partial charge in [-0.15, -0.1) is 11.3 Å². The highest BCUT2D eigenvalue weighted by Crippen LogP contribution is 2.23. The Morgan fingerprint density at radius 2 is 2.13 bits per heavy atom. The van der Waals surface area contributed by atoms with E-state index in [0.717, 1.165) is 10.9 Å². The number of hydrogen-bond donors (Lipinski definition) is 1. The number of nitrogens with one attached hydrogen (secondary N) is 1. The summed E-state index contributed by atoms with van der Waals surface area (Å²) in [6.45, 7) is 2.05. The maximum Gasteiger partial charge on any atom is 0.315 e. The Hall–Kier alpha value is -2.35. The van der Waals surface area contributed by atoms with Crippen molar-refractivity contribution in [3.05, 3.63) is 46.0 Å². The van der Waals surface area contributed by atoms with E-state index >= 15 is 0 Å². The number of hydrogen-bond acceptors (Lipinski definition) is 4. The number of thiazole rings is 1. The third-order valence-corrected chi connectivity index (χ3v) is 4.40. The van der Waals surface area contributed by atoms with E-state index in [-0.39, 0.29) is 19.5 Å². The van der Waals surface area contributed by atoms with Crippen LogP contribution in [0.4, 0.5) is 13.9 Å². The molecule has 0 fully saturated rings. The van der Waals surface area contributed by atoms with E-state index in [1.54, 1.807) is 6.20 Å². The minimum absolute atomic E-state index is 0.00711. The number of aryl methyl sites for hydroxylation is 1. The molecule has 120 valence electrons. The number of benzene rings is 1. The van der Waals surface area contributed by atoms with Crippen LogP contribution < -0.4 is 5.32 Å². The van der Waals surface area contributed by atoms with Crippen molar-refractivity contribution in [1.29, 1.82) is 0 Å². The first-order chi connectivity index (χ1) is 10.9. The van der Waals surface area contributed by atoms with E-state index in [1.807, 2.05) is 6.92 Å². The molecule has 0 saturated heterocycles. The minimum Gasteiger partial charge on any atom is -0.330 e. The smallest absolute Gasteiger partial charge is 0.315 e. The zero-order valence-electron chi connectivity index (χ0n) is 12.2. The van der Waals surface area contributed by atoms with E-state index in [1.165, 1.54) is 22.3 Å². The second-order valence-corrected chi connectivity index (χ2v) is 6.47. The van der Waals surface area contributed by atoms with Crippen LogP contribution in [0.3, 0.4) is 0 Å². The highest BCUT2D eigenvalue weighted by molar-refractivity contribution is 7.15. The first kappa shape index (κ1) is 15.5. The van der Waals surface area contributed by atoms with E-state index in [9.17, 15) is 18.4 Å². The summed E-state index contributed by atoms with van der Waals surface area (Å²) in [6, 6.07) is 2.02. The molecule has 0 spiro atoms. The van der Waals surface area contributed by atoms with Crippen molar-refractivity contribution in [1.82, 2.24) is 9.88 Å². The molecule has 0 unspecified atom stereocenters. The Balaban J connectivity index is 1.72. The van der Waals surface area contributed by atoms with Gasteiger partial charge in [-0.1, -0.05) is 0 Å². The van der Waals surface area contributed by atoms with Gasteiger partial charge in [-0.25, -0.2) is 13.8 Å². The Morgan fingerprint density at radius 1 is 1.35 bits per heavy atom. The van der Waals surface area contributed by atoms with Crippen molar-refractivity contribution in [3.63, 3.8) is 0 Å². The van der Waals surface area contributed by atoms with Crippen LogP contribution in [-0.4, -0.2) is 28.2 Å². The fourth-order valence-electron chi connectivity index (χ4n) is 2.49. The molecule has 3 rings (SSSR count). The van der Waals surface area contributed by atoms with Gasteiger partial charge in [0.2, 0.25) is 0 Å². The summed E-state index contributed by atoms with van der Waals surface area (Å²) >= 11 is 1.26. The lowest BCUT2D eigenvalue weighted by atomic mass is 9.99.